The Balaban J connectivity index is 1.71. The molecular formula is C21H18O2. The number of hydrogen-bond donors (Lipinski definition) is 1. The second kappa shape index (κ2) is 7.03. The van der Waals surface area contributed by atoms with E-state index in [0.29, 0.717) is 5.56 Å². The van der Waals surface area contributed by atoms with Crippen molar-refractivity contribution in [2.24, 2.45) is 0 Å². The zero-order valence-corrected chi connectivity index (χ0v) is 12.7. The van der Waals surface area contributed by atoms with E-state index in [9.17, 15) is 9.90 Å². The van der Waals surface area contributed by atoms with Crippen LogP contribution in [-0.4, -0.2) is 10.9 Å². The summed E-state index contributed by atoms with van der Waals surface area (Å²) < 4.78 is 0. The molecule has 1 N–H and O–H groups in total. The van der Waals surface area contributed by atoms with Crippen LogP contribution in [0.5, 0.6) is 0 Å². The minimum absolute atomic E-state index is 0.0507. The van der Waals surface area contributed by atoms with E-state index in [1.165, 1.54) is 0 Å². The van der Waals surface area contributed by atoms with Crippen molar-refractivity contribution < 1.29 is 9.90 Å². The van der Waals surface area contributed by atoms with Crippen molar-refractivity contribution in [3.05, 3.63) is 96.1 Å². The number of benzene rings is 3. The summed E-state index contributed by atoms with van der Waals surface area (Å²) in [6.07, 6.45) is -0.693. The van der Waals surface area contributed by atoms with Crippen LogP contribution in [0.15, 0.2) is 84.9 Å². The molecule has 3 aromatic carbocycles. The number of ketones is 1. The fraction of sp³-hybridized carbons (Fsp3) is 0.0952. The van der Waals surface area contributed by atoms with Crippen LogP contribution in [0.2, 0.25) is 0 Å². The molecule has 0 aliphatic heterocycles. The molecule has 1 atom stereocenters. The molecule has 2 nitrogen and oxygen atoms in total. The minimum atomic E-state index is -0.785. The lowest BCUT2D eigenvalue weighted by molar-refractivity contribution is 0.0880. The quantitative estimate of drug-likeness (QED) is 0.696. The van der Waals surface area contributed by atoms with Crippen LogP contribution in [-0.2, 0) is 0 Å². The van der Waals surface area contributed by atoms with Crippen LogP contribution in [0.1, 0.15) is 28.4 Å². The number of aliphatic hydroxyl groups is 1. The molecule has 0 radical (unpaired) electrons. The molecule has 0 saturated heterocycles. The molecule has 0 unspecified atom stereocenters. The number of Topliss-reactive ketones (excluding diaryl/α,β-unsaturated/α-hetero) is 1. The van der Waals surface area contributed by atoms with Crippen molar-refractivity contribution in [2.75, 3.05) is 0 Å². The molecule has 0 saturated carbocycles. The van der Waals surface area contributed by atoms with E-state index in [2.05, 4.69) is 0 Å². The Morgan fingerprint density at radius 2 is 1.26 bits per heavy atom. The van der Waals surface area contributed by atoms with E-state index in [1.807, 2.05) is 72.8 Å². The topological polar surface area (TPSA) is 37.3 Å². The molecule has 114 valence electrons. The zero-order chi connectivity index (χ0) is 16.1. The first-order chi connectivity index (χ1) is 11.2. The van der Waals surface area contributed by atoms with Gasteiger partial charge in [0.25, 0.3) is 0 Å². The Hall–Kier alpha value is -2.71. The Bertz CT molecular complexity index is 762. The largest absolute Gasteiger partial charge is 0.388 e. The Morgan fingerprint density at radius 1 is 0.739 bits per heavy atom. The van der Waals surface area contributed by atoms with E-state index in [-0.39, 0.29) is 12.2 Å². The summed E-state index contributed by atoms with van der Waals surface area (Å²) in [6.45, 7) is 0. The molecule has 0 heterocycles. The van der Waals surface area contributed by atoms with Crippen molar-refractivity contribution in [1.82, 2.24) is 0 Å². The van der Waals surface area contributed by atoms with Gasteiger partial charge in [0.2, 0.25) is 0 Å². The lowest BCUT2D eigenvalue weighted by Gasteiger charge is -2.11. The third-order valence-corrected chi connectivity index (χ3v) is 3.88. The van der Waals surface area contributed by atoms with E-state index >= 15 is 0 Å². The number of aliphatic hydroxyl groups excluding tert-OH is 1. The predicted molar refractivity (Wildman–Crippen MR) is 92.2 cm³/mol. The summed E-state index contributed by atoms with van der Waals surface area (Å²) in [6, 6.07) is 26.8. The number of carbonyl (C=O) groups is 1. The van der Waals surface area contributed by atoms with Gasteiger partial charge < -0.3 is 5.11 Å². The second-order valence-corrected chi connectivity index (χ2v) is 5.50. The maximum absolute atomic E-state index is 12.2. The van der Waals surface area contributed by atoms with E-state index in [1.54, 1.807) is 12.1 Å². The Labute approximate surface area is 136 Å². The minimum Gasteiger partial charge on any atom is -0.388 e. The van der Waals surface area contributed by atoms with Gasteiger partial charge in [-0.05, 0) is 16.7 Å². The Morgan fingerprint density at radius 3 is 1.87 bits per heavy atom. The van der Waals surface area contributed by atoms with Crippen LogP contribution in [0.3, 0.4) is 0 Å². The first kappa shape index (κ1) is 15.2. The van der Waals surface area contributed by atoms with E-state index in [0.717, 1.165) is 16.7 Å². The summed E-state index contributed by atoms with van der Waals surface area (Å²) in [5, 5.41) is 10.3. The van der Waals surface area contributed by atoms with Gasteiger partial charge in [-0.15, -0.1) is 0 Å². The fourth-order valence-electron chi connectivity index (χ4n) is 2.56. The highest BCUT2D eigenvalue weighted by Gasteiger charge is 2.14. The van der Waals surface area contributed by atoms with Crippen molar-refractivity contribution in [3.63, 3.8) is 0 Å². The van der Waals surface area contributed by atoms with E-state index in [4.69, 9.17) is 0 Å². The van der Waals surface area contributed by atoms with E-state index < -0.39 is 6.10 Å². The van der Waals surface area contributed by atoms with Crippen LogP contribution in [0.25, 0.3) is 11.1 Å². The summed E-state index contributed by atoms with van der Waals surface area (Å²) in [5.74, 6) is -0.0507. The van der Waals surface area contributed by atoms with Gasteiger partial charge in [0.15, 0.2) is 5.78 Å². The molecule has 23 heavy (non-hydrogen) atoms. The fourth-order valence-corrected chi connectivity index (χ4v) is 2.56. The number of rotatable bonds is 5. The van der Waals surface area contributed by atoms with Gasteiger partial charge in [-0.1, -0.05) is 84.9 Å². The molecule has 3 rings (SSSR count). The summed E-state index contributed by atoms with van der Waals surface area (Å²) in [7, 11) is 0. The Kier molecular flexibility index (Phi) is 4.65. The van der Waals surface area contributed by atoms with Gasteiger partial charge in [0.1, 0.15) is 0 Å². The van der Waals surface area contributed by atoms with Gasteiger partial charge in [-0.25, -0.2) is 0 Å². The maximum atomic E-state index is 12.2. The smallest absolute Gasteiger partial charge is 0.165 e. The summed E-state index contributed by atoms with van der Waals surface area (Å²) >= 11 is 0. The predicted octanol–water partition coefficient (Wildman–Crippen LogP) is 4.66. The van der Waals surface area contributed by atoms with Gasteiger partial charge in [0.05, 0.1) is 6.10 Å². The molecule has 0 aliphatic carbocycles. The van der Waals surface area contributed by atoms with Crippen molar-refractivity contribution >= 4 is 5.78 Å². The normalized spacial score (nSPS) is 11.9. The van der Waals surface area contributed by atoms with Crippen molar-refractivity contribution in [1.29, 1.82) is 0 Å². The number of carbonyl (C=O) groups excluding carboxylic acids is 1. The molecule has 0 spiro atoms. The molecule has 0 bridgehead atoms. The molecule has 2 heteroatoms. The lowest BCUT2D eigenvalue weighted by atomic mass is 9.98. The third kappa shape index (κ3) is 3.74. The van der Waals surface area contributed by atoms with Crippen LogP contribution >= 0.6 is 0 Å². The maximum Gasteiger partial charge on any atom is 0.165 e. The average Bonchev–Trinajstić information content (AvgIpc) is 2.63. The van der Waals surface area contributed by atoms with Crippen LogP contribution in [0, 0.1) is 0 Å². The van der Waals surface area contributed by atoms with Crippen molar-refractivity contribution in [2.45, 2.75) is 12.5 Å². The van der Waals surface area contributed by atoms with Gasteiger partial charge in [-0.2, -0.15) is 0 Å². The molecule has 3 aromatic rings. The third-order valence-electron chi connectivity index (χ3n) is 3.88. The molecule has 0 aromatic heterocycles. The van der Waals surface area contributed by atoms with Crippen LogP contribution < -0.4 is 0 Å². The zero-order valence-electron chi connectivity index (χ0n) is 12.7. The summed E-state index contributed by atoms with van der Waals surface area (Å²) in [5.41, 5.74) is 3.62. The first-order valence-corrected chi connectivity index (χ1v) is 7.66. The molecular weight excluding hydrogens is 284 g/mol. The second-order valence-electron chi connectivity index (χ2n) is 5.50. The van der Waals surface area contributed by atoms with Crippen molar-refractivity contribution in [3.8, 4) is 11.1 Å². The standard InChI is InChI=1S/C21H18O2/c22-20(18-9-5-2-6-10-18)15-21(23)19-13-11-17(12-14-19)16-7-3-1-4-8-16/h1-14,21,23H,15H2/t21-/m0/s1. The highest BCUT2D eigenvalue weighted by atomic mass is 16.3. The average molecular weight is 302 g/mol. The number of hydrogen-bond acceptors (Lipinski definition) is 2. The first-order valence-electron chi connectivity index (χ1n) is 7.66. The molecule has 0 amide bonds. The molecule has 0 aliphatic rings. The van der Waals surface area contributed by atoms with Gasteiger partial charge in [-0.3, -0.25) is 4.79 Å². The molecule has 0 fully saturated rings. The van der Waals surface area contributed by atoms with Crippen LogP contribution in [0.4, 0.5) is 0 Å². The SMILES string of the molecule is O=C(C[C@H](O)c1ccc(-c2ccccc2)cc1)c1ccccc1. The monoisotopic (exact) mass is 302 g/mol. The highest BCUT2D eigenvalue weighted by Crippen LogP contribution is 2.24. The van der Waals surface area contributed by atoms with Gasteiger partial charge >= 0.3 is 0 Å². The van der Waals surface area contributed by atoms with Gasteiger partial charge in [0, 0.05) is 12.0 Å². The highest BCUT2D eigenvalue weighted by molar-refractivity contribution is 5.96. The summed E-state index contributed by atoms with van der Waals surface area (Å²) in [4.78, 5) is 12.2. The lowest BCUT2D eigenvalue weighted by Crippen LogP contribution is -2.07.